The van der Waals surface area contributed by atoms with Crippen molar-refractivity contribution in [2.75, 3.05) is 7.11 Å². The maximum absolute atomic E-state index is 15.6. The highest BCUT2D eigenvalue weighted by Gasteiger charge is 2.38. The molecule has 0 bridgehead atoms. The molecule has 1 aromatic rings. The van der Waals surface area contributed by atoms with Crippen molar-refractivity contribution in [3.63, 3.8) is 0 Å². The monoisotopic (exact) mass is 432 g/mol. The van der Waals surface area contributed by atoms with Crippen molar-refractivity contribution < 1.29 is 13.5 Å². The molecule has 0 radical (unpaired) electrons. The Morgan fingerprint density at radius 3 is 2.52 bits per heavy atom. The molecule has 3 aliphatic carbocycles. The van der Waals surface area contributed by atoms with Gasteiger partial charge < -0.3 is 4.74 Å². The number of hydrogen-bond donors (Lipinski definition) is 0. The van der Waals surface area contributed by atoms with Crippen molar-refractivity contribution in [2.24, 2.45) is 17.8 Å². The molecule has 1 nitrogen and oxygen atoms in total. The van der Waals surface area contributed by atoms with E-state index in [2.05, 4.69) is 6.92 Å². The van der Waals surface area contributed by atoms with Crippen LogP contribution >= 0.6 is 0 Å². The summed E-state index contributed by atoms with van der Waals surface area (Å²) in [7, 11) is 1.81. The molecule has 4 rings (SSSR count). The van der Waals surface area contributed by atoms with Crippen LogP contribution in [-0.4, -0.2) is 13.2 Å². The summed E-state index contributed by atoms with van der Waals surface area (Å²) in [6.45, 7) is 2.24. The first-order valence-electron chi connectivity index (χ1n) is 13.1. The van der Waals surface area contributed by atoms with Gasteiger partial charge in [0.05, 0.1) is 6.10 Å². The van der Waals surface area contributed by atoms with E-state index in [9.17, 15) is 0 Å². The standard InChI is InChI=1S/C28H42F2O/c1-3-4-5-6-7-8-19-9-14-25-23(15-19)18-26(29)27(28(25)30)22-11-10-21-17-24(31-2)13-12-20(21)16-22/h18-22,24H,3-17H2,1-2H3. The molecule has 0 N–H and O–H groups in total. The van der Waals surface area contributed by atoms with E-state index < -0.39 is 0 Å². The lowest BCUT2D eigenvalue weighted by Crippen LogP contribution is -2.33. The lowest BCUT2D eigenvalue weighted by atomic mass is 9.65. The van der Waals surface area contributed by atoms with E-state index in [-0.39, 0.29) is 17.6 Å². The van der Waals surface area contributed by atoms with Gasteiger partial charge in [-0.3, -0.25) is 0 Å². The fraction of sp³-hybridized carbons (Fsp3) is 0.786. The van der Waals surface area contributed by atoms with Gasteiger partial charge in [0, 0.05) is 12.7 Å². The molecule has 5 atom stereocenters. The van der Waals surface area contributed by atoms with E-state index in [1.165, 1.54) is 38.5 Å². The average Bonchev–Trinajstić information content (AvgIpc) is 2.78. The molecule has 0 aliphatic heterocycles. The lowest BCUT2D eigenvalue weighted by Gasteiger charge is -2.42. The Morgan fingerprint density at radius 1 is 0.935 bits per heavy atom. The van der Waals surface area contributed by atoms with Crippen molar-refractivity contribution in [2.45, 2.75) is 115 Å². The number of hydrogen-bond acceptors (Lipinski definition) is 1. The van der Waals surface area contributed by atoms with Gasteiger partial charge in [-0.25, -0.2) is 8.78 Å². The second-order valence-corrected chi connectivity index (χ2v) is 10.7. The summed E-state index contributed by atoms with van der Waals surface area (Å²) < 4.78 is 36.4. The van der Waals surface area contributed by atoms with Gasteiger partial charge in [-0.2, -0.15) is 0 Å². The van der Waals surface area contributed by atoms with Crippen LogP contribution in [0.4, 0.5) is 8.78 Å². The van der Waals surface area contributed by atoms with E-state index in [1.54, 1.807) is 6.07 Å². The molecule has 2 saturated carbocycles. The maximum Gasteiger partial charge on any atom is 0.133 e. The highest BCUT2D eigenvalue weighted by molar-refractivity contribution is 5.39. The van der Waals surface area contributed by atoms with Crippen molar-refractivity contribution in [3.8, 4) is 0 Å². The number of fused-ring (bicyclic) bond motifs is 2. The van der Waals surface area contributed by atoms with E-state index >= 15 is 8.78 Å². The summed E-state index contributed by atoms with van der Waals surface area (Å²) >= 11 is 0. The first kappa shape index (κ1) is 23.2. The van der Waals surface area contributed by atoms with Crippen LogP contribution < -0.4 is 0 Å². The smallest absolute Gasteiger partial charge is 0.133 e. The minimum Gasteiger partial charge on any atom is -0.381 e. The molecule has 3 heteroatoms. The Balaban J connectivity index is 1.40. The fourth-order valence-electron chi connectivity index (χ4n) is 6.92. The Kier molecular flexibility index (Phi) is 8.06. The summed E-state index contributed by atoms with van der Waals surface area (Å²) in [5, 5.41) is 0. The van der Waals surface area contributed by atoms with Crippen LogP contribution in [0.5, 0.6) is 0 Å². The molecular formula is C28H42F2O. The summed E-state index contributed by atoms with van der Waals surface area (Å²) in [5.74, 6) is 1.49. The van der Waals surface area contributed by atoms with Crippen molar-refractivity contribution >= 4 is 0 Å². The van der Waals surface area contributed by atoms with Crippen LogP contribution in [0.15, 0.2) is 6.07 Å². The van der Waals surface area contributed by atoms with Gasteiger partial charge in [0.25, 0.3) is 0 Å². The molecular weight excluding hydrogens is 390 g/mol. The highest BCUT2D eigenvalue weighted by atomic mass is 19.1. The third-order valence-corrected chi connectivity index (χ3v) is 8.78. The highest BCUT2D eigenvalue weighted by Crippen LogP contribution is 2.48. The molecule has 0 aromatic heterocycles. The van der Waals surface area contributed by atoms with Gasteiger partial charge in [0.15, 0.2) is 0 Å². The van der Waals surface area contributed by atoms with E-state index in [0.717, 1.165) is 68.9 Å². The van der Waals surface area contributed by atoms with Gasteiger partial charge in [-0.05, 0) is 98.7 Å². The lowest BCUT2D eigenvalue weighted by molar-refractivity contribution is 0.0119. The molecule has 5 unspecified atom stereocenters. The minimum absolute atomic E-state index is 0.0573. The third kappa shape index (κ3) is 5.34. The van der Waals surface area contributed by atoms with Crippen LogP contribution in [-0.2, 0) is 17.6 Å². The van der Waals surface area contributed by atoms with E-state index in [0.29, 0.717) is 29.4 Å². The van der Waals surface area contributed by atoms with Gasteiger partial charge >= 0.3 is 0 Å². The predicted molar refractivity (Wildman–Crippen MR) is 123 cm³/mol. The maximum atomic E-state index is 15.6. The SMILES string of the molecule is CCCCCCCC1CCc2c(cc(F)c(C3CCC4CC(OC)CCC4C3)c2F)C1. The molecule has 0 saturated heterocycles. The van der Waals surface area contributed by atoms with Crippen LogP contribution in [0.25, 0.3) is 0 Å². The third-order valence-electron chi connectivity index (χ3n) is 8.78. The summed E-state index contributed by atoms with van der Waals surface area (Å²) in [6.07, 6.45) is 17.1. The molecule has 0 heterocycles. The Hall–Kier alpha value is -0.960. The first-order valence-corrected chi connectivity index (χ1v) is 13.1. The first-order chi connectivity index (χ1) is 15.1. The molecule has 0 amide bonds. The Morgan fingerprint density at radius 2 is 1.71 bits per heavy atom. The second kappa shape index (κ2) is 10.8. The number of ether oxygens (including phenoxy) is 1. The fourth-order valence-corrected chi connectivity index (χ4v) is 6.92. The van der Waals surface area contributed by atoms with Crippen LogP contribution in [0.3, 0.4) is 0 Å². The molecule has 1 aromatic carbocycles. The van der Waals surface area contributed by atoms with Crippen molar-refractivity contribution in [1.82, 2.24) is 0 Å². The number of halogens is 2. The zero-order chi connectivity index (χ0) is 21.8. The van der Waals surface area contributed by atoms with E-state index in [4.69, 9.17) is 4.74 Å². The molecule has 3 aliphatic rings. The Bertz CT molecular complexity index is 730. The minimum atomic E-state index is -0.270. The summed E-state index contributed by atoms with van der Waals surface area (Å²) in [6, 6.07) is 1.71. The topological polar surface area (TPSA) is 9.23 Å². The van der Waals surface area contributed by atoms with Crippen molar-refractivity contribution in [3.05, 3.63) is 34.4 Å². The van der Waals surface area contributed by atoms with Crippen LogP contribution in [0, 0.1) is 29.4 Å². The Labute approximate surface area is 188 Å². The molecule has 31 heavy (non-hydrogen) atoms. The van der Waals surface area contributed by atoms with E-state index in [1.807, 2.05) is 7.11 Å². The summed E-state index contributed by atoms with van der Waals surface area (Å²) in [5.41, 5.74) is 2.21. The normalized spacial score (nSPS) is 30.6. The second-order valence-electron chi connectivity index (χ2n) is 10.7. The quantitative estimate of drug-likeness (QED) is 0.377. The average molecular weight is 433 g/mol. The number of benzene rings is 1. The van der Waals surface area contributed by atoms with Gasteiger partial charge in [-0.1, -0.05) is 45.4 Å². The number of rotatable bonds is 8. The number of unbranched alkanes of at least 4 members (excludes halogenated alkanes) is 4. The van der Waals surface area contributed by atoms with Crippen LogP contribution in [0.2, 0.25) is 0 Å². The zero-order valence-electron chi connectivity index (χ0n) is 19.7. The van der Waals surface area contributed by atoms with Crippen LogP contribution in [0.1, 0.15) is 113 Å². The summed E-state index contributed by atoms with van der Waals surface area (Å²) in [4.78, 5) is 0. The number of methoxy groups -OCH3 is 1. The zero-order valence-corrected chi connectivity index (χ0v) is 19.7. The largest absolute Gasteiger partial charge is 0.381 e. The van der Waals surface area contributed by atoms with Crippen molar-refractivity contribution in [1.29, 1.82) is 0 Å². The molecule has 0 spiro atoms. The molecule has 2 fully saturated rings. The van der Waals surface area contributed by atoms with Gasteiger partial charge in [0.1, 0.15) is 11.6 Å². The van der Waals surface area contributed by atoms with Gasteiger partial charge in [0.2, 0.25) is 0 Å². The predicted octanol–water partition coefficient (Wildman–Crippen LogP) is 8.13. The van der Waals surface area contributed by atoms with Gasteiger partial charge in [-0.15, -0.1) is 0 Å². The molecule has 174 valence electrons.